The molecule has 228 valence electrons. The lowest BCUT2D eigenvalue weighted by Gasteiger charge is -2.40. The highest BCUT2D eigenvalue weighted by Gasteiger charge is 2.44. The second kappa shape index (κ2) is 15.8. The van der Waals surface area contributed by atoms with E-state index in [1.165, 1.54) is 0 Å². The topological polar surface area (TPSA) is 213 Å². The van der Waals surface area contributed by atoms with E-state index >= 15 is 0 Å². The van der Waals surface area contributed by atoms with Crippen LogP contribution >= 0.6 is 0 Å². The molecule has 2 aromatic carbocycles. The molecule has 1 aliphatic rings. The van der Waals surface area contributed by atoms with E-state index in [4.69, 9.17) is 14.2 Å². The Morgan fingerprint density at radius 1 is 0.857 bits per heavy atom. The summed E-state index contributed by atoms with van der Waals surface area (Å²) >= 11 is 0. The summed E-state index contributed by atoms with van der Waals surface area (Å²) in [7, 11) is 1.15. The normalized spacial score (nSPS) is 23.1. The third-order valence-corrected chi connectivity index (χ3v) is 6.49. The molecule has 0 unspecified atom stereocenters. The largest absolute Gasteiger partial charge is 0.467 e. The van der Waals surface area contributed by atoms with Crippen molar-refractivity contribution in [3.05, 3.63) is 71.8 Å². The number of carbonyl (C=O) groups is 4. The average Bonchev–Trinajstić information content (AvgIpc) is 3.00. The zero-order valence-electron chi connectivity index (χ0n) is 22.8. The predicted octanol–water partition coefficient (Wildman–Crippen LogP) is -1.51. The van der Waals surface area contributed by atoms with Crippen LogP contribution in [0.5, 0.6) is 0 Å². The molecule has 2 aromatic rings. The first-order valence-corrected chi connectivity index (χ1v) is 13.1. The number of hydrogen-bond donors (Lipinski definition) is 7. The van der Waals surface area contributed by atoms with Crippen molar-refractivity contribution in [2.45, 2.75) is 62.2 Å². The number of rotatable bonds is 12. The number of hydrogen-bond acceptors (Lipinski definition) is 11. The van der Waals surface area contributed by atoms with Crippen LogP contribution in [0, 0.1) is 0 Å². The first-order chi connectivity index (χ1) is 20.1. The van der Waals surface area contributed by atoms with Crippen LogP contribution in [0.3, 0.4) is 0 Å². The summed E-state index contributed by atoms with van der Waals surface area (Å²) in [5.41, 5.74) is 1.38. The Bertz CT molecular complexity index is 1180. The molecule has 14 nitrogen and oxygen atoms in total. The minimum atomic E-state index is -1.77. The van der Waals surface area contributed by atoms with Gasteiger partial charge in [-0.15, -0.1) is 0 Å². The van der Waals surface area contributed by atoms with E-state index in [0.29, 0.717) is 11.1 Å². The van der Waals surface area contributed by atoms with E-state index in [1.807, 2.05) is 0 Å². The van der Waals surface area contributed by atoms with Gasteiger partial charge in [-0.3, -0.25) is 9.59 Å². The molecule has 1 fully saturated rings. The van der Waals surface area contributed by atoms with Crippen LogP contribution in [-0.2, 0) is 41.6 Å². The first-order valence-electron chi connectivity index (χ1n) is 13.1. The summed E-state index contributed by atoms with van der Waals surface area (Å²) in [5, 5.41) is 46.6. The molecule has 7 N–H and O–H groups in total. The van der Waals surface area contributed by atoms with Crippen LogP contribution in [0.4, 0.5) is 4.79 Å². The summed E-state index contributed by atoms with van der Waals surface area (Å²) in [5.74, 6) is -2.59. The number of aliphatic hydroxyl groups is 4. The van der Waals surface area contributed by atoms with Gasteiger partial charge in [-0.2, -0.15) is 0 Å². The van der Waals surface area contributed by atoms with Gasteiger partial charge in [-0.1, -0.05) is 60.7 Å². The minimum absolute atomic E-state index is 0.0570. The summed E-state index contributed by atoms with van der Waals surface area (Å²) in [6, 6.07) is 14.8. The lowest BCUT2D eigenvalue weighted by atomic mass is 9.98. The van der Waals surface area contributed by atoms with Gasteiger partial charge in [0.1, 0.15) is 43.1 Å². The van der Waals surface area contributed by atoms with Crippen molar-refractivity contribution < 1.29 is 53.8 Å². The van der Waals surface area contributed by atoms with Crippen LogP contribution in [0.15, 0.2) is 60.7 Å². The average molecular weight is 590 g/mol. The Morgan fingerprint density at radius 3 is 2.07 bits per heavy atom. The fourth-order valence-electron chi connectivity index (χ4n) is 4.20. The molecule has 42 heavy (non-hydrogen) atoms. The molecule has 0 radical (unpaired) electrons. The van der Waals surface area contributed by atoms with E-state index in [-0.39, 0.29) is 13.0 Å². The molecule has 1 heterocycles. The Kier molecular flexibility index (Phi) is 12.2. The van der Waals surface area contributed by atoms with Crippen molar-refractivity contribution in [2.75, 3.05) is 13.7 Å². The second-order valence-electron chi connectivity index (χ2n) is 9.55. The quantitative estimate of drug-likeness (QED) is 0.141. The summed E-state index contributed by atoms with van der Waals surface area (Å²) in [6.45, 7) is -0.843. The van der Waals surface area contributed by atoms with Crippen molar-refractivity contribution in [3.8, 4) is 0 Å². The van der Waals surface area contributed by atoms with Gasteiger partial charge in [0.2, 0.25) is 11.8 Å². The lowest BCUT2D eigenvalue weighted by Crippen LogP contribution is -2.63. The van der Waals surface area contributed by atoms with E-state index in [1.54, 1.807) is 60.7 Å². The molecule has 1 aliphatic heterocycles. The third-order valence-electron chi connectivity index (χ3n) is 6.49. The Morgan fingerprint density at radius 2 is 1.48 bits per heavy atom. The standard InChI is InChI=1S/C28H35N3O11/c1-40-27(38)19(12-16-8-4-2-5-9-16)29-25(37)18(30-28(39)41-15-17-10-6-3-7-11-17)13-21(33)31-26-24(36)23(35)22(34)20(14-32)42-26/h2-11,18-20,22-24,26,32,34-36H,12-15H2,1H3,(H,29,37)(H,30,39)(H,31,33)/t18-,19-,20+,22+,23-,24+,26+/m0/s1. The number of esters is 1. The second-order valence-corrected chi connectivity index (χ2v) is 9.55. The monoisotopic (exact) mass is 589 g/mol. The Labute approximate surface area is 241 Å². The lowest BCUT2D eigenvalue weighted by molar-refractivity contribution is -0.236. The van der Waals surface area contributed by atoms with Crippen molar-refractivity contribution in [3.63, 3.8) is 0 Å². The van der Waals surface area contributed by atoms with Gasteiger partial charge in [0.05, 0.1) is 20.1 Å². The van der Waals surface area contributed by atoms with Gasteiger partial charge in [-0.25, -0.2) is 9.59 Å². The van der Waals surface area contributed by atoms with Crippen molar-refractivity contribution in [2.24, 2.45) is 0 Å². The molecular weight excluding hydrogens is 554 g/mol. The molecule has 0 aromatic heterocycles. The summed E-state index contributed by atoms with van der Waals surface area (Å²) in [4.78, 5) is 51.3. The van der Waals surface area contributed by atoms with Gasteiger partial charge >= 0.3 is 12.1 Å². The van der Waals surface area contributed by atoms with Crippen LogP contribution in [0.2, 0.25) is 0 Å². The first kappa shape index (κ1) is 32.4. The van der Waals surface area contributed by atoms with E-state index < -0.39 is 79.6 Å². The van der Waals surface area contributed by atoms with Gasteiger partial charge in [-0.05, 0) is 11.1 Å². The molecule has 3 amide bonds. The SMILES string of the molecule is COC(=O)[C@H](Cc1ccccc1)NC(=O)[C@H](CC(=O)N[C@@H]1O[C@H](CO)[C@@H](O)[C@H](O)[C@H]1O)NC(=O)OCc1ccccc1. The fraction of sp³-hybridized carbons (Fsp3) is 0.429. The van der Waals surface area contributed by atoms with Crippen molar-refractivity contribution >= 4 is 23.9 Å². The number of methoxy groups -OCH3 is 1. The van der Waals surface area contributed by atoms with Gasteiger partial charge in [0.25, 0.3) is 0 Å². The van der Waals surface area contributed by atoms with E-state index in [0.717, 1.165) is 7.11 Å². The maximum absolute atomic E-state index is 13.3. The predicted molar refractivity (Wildman–Crippen MR) is 144 cm³/mol. The van der Waals surface area contributed by atoms with Crippen LogP contribution in [0.1, 0.15) is 17.5 Å². The van der Waals surface area contributed by atoms with Gasteiger partial charge < -0.3 is 50.6 Å². The fourth-order valence-corrected chi connectivity index (χ4v) is 4.20. The Hall–Kier alpha value is -4.08. The molecule has 3 rings (SSSR count). The number of benzene rings is 2. The van der Waals surface area contributed by atoms with Crippen LogP contribution in [0.25, 0.3) is 0 Å². The van der Waals surface area contributed by atoms with Gasteiger partial charge in [0, 0.05) is 6.42 Å². The highest BCUT2D eigenvalue weighted by Crippen LogP contribution is 2.20. The molecule has 7 atom stereocenters. The Balaban J connectivity index is 1.73. The van der Waals surface area contributed by atoms with Crippen LogP contribution in [-0.4, -0.2) is 101 Å². The highest BCUT2D eigenvalue weighted by atomic mass is 16.6. The van der Waals surface area contributed by atoms with E-state index in [9.17, 15) is 39.6 Å². The number of carbonyl (C=O) groups excluding carboxylic acids is 4. The molecule has 1 saturated heterocycles. The molecule has 0 saturated carbocycles. The maximum atomic E-state index is 13.3. The van der Waals surface area contributed by atoms with E-state index in [2.05, 4.69) is 16.0 Å². The minimum Gasteiger partial charge on any atom is -0.467 e. The molecular formula is C28H35N3O11. The van der Waals surface area contributed by atoms with Crippen molar-refractivity contribution in [1.29, 1.82) is 0 Å². The third kappa shape index (κ3) is 9.22. The molecule has 14 heteroatoms. The smallest absolute Gasteiger partial charge is 0.408 e. The molecule has 0 spiro atoms. The number of nitrogens with one attached hydrogen (secondary N) is 3. The maximum Gasteiger partial charge on any atom is 0.408 e. The number of ether oxygens (including phenoxy) is 3. The van der Waals surface area contributed by atoms with Gasteiger partial charge in [0.15, 0.2) is 6.23 Å². The zero-order valence-corrected chi connectivity index (χ0v) is 22.8. The van der Waals surface area contributed by atoms with Crippen molar-refractivity contribution in [1.82, 2.24) is 16.0 Å². The molecule has 0 bridgehead atoms. The summed E-state index contributed by atoms with van der Waals surface area (Å²) < 4.78 is 15.3. The number of aliphatic hydroxyl groups excluding tert-OH is 4. The zero-order chi connectivity index (χ0) is 30.6. The number of alkyl carbamates (subject to hydrolysis) is 1. The molecule has 0 aliphatic carbocycles. The summed E-state index contributed by atoms with van der Waals surface area (Å²) in [6.07, 6.45) is -9.67. The van der Waals surface area contributed by atoms with Crippen LogP contribution < -0.4 is 16.0 Å². The number of amides is 3. The highest BCUT2D eigenvalue weighted by molar-refractivity contribution is 5.93.